The zero-order valence-corrected chi connectivity index (χ0v) is 23.0. The molecule has 1 aromatic heterocycles. The molecule has 3 amide bonds. The van der Waals surface area contributed by atoms with Crippen LogP contribution in [0.1, 0.15) is 52.8 Å². The number of benzene rings is 3. The van der Waals surface area contributed by atoms with Crippen molar-refractivity contribution in [3.05, 3.63) is 118 Å². The topological polar surface area (TPSA) is 79.3 Å². The van der Waals surface area contributed by atoms with E-state index in [-0.39, 0.29) is 42.6 Å². The summed E-state index contributed by atoms with van der Waals surface area (Å²) in [6, 6.07) is 22.5. The normalized spacial score (nSPS) is 14.5. The second-order valence-corrected chi connectivity index (χ2v) is 10.0. The van der Waals surface area contributed by atoms with Crippen molar-refractivity contribution in [2.75, 3.05) is 13.1 Å². The van der Waals surface area contributed by atoms with Crippen LogP contribution >= 0.6 is 11.6 Å². The Hall–Kier alpha value is -4.43. The van der Waals surface area contributed by atoms with Gasteiger partial charge < -0.3 is 15.5 Å². The molecule has 1 aliphatic heterocycles. The monoisotopic (exact) mass is 557 g/mol. The third-order valence-electron chi connectivity index (χ3n) is 6.76. The maximum Gasteiger partial charge on any atom is 0.317 e. The first-order valence-electron chi connectivity index (χ1n) is 13.1. The first-order valence-corrected chi connectivity index (χ1v) is 13.4. The van der Waals surface area contributed by atoms with Gasteiger partial charge in [0, 0.05) is 23.7 Å². The van der Waals surface area contributed by atoms with Crippen LogP contribution in [0.3, 0.4) is 0 Å². The Morgan fingerprint density at radius 1 is 1.02 bits per heavy atom. The van der Waals surface area contributed by atoms with Crippen LogP contribution in [0.2, 0.25) is 5.02 Å². The predicted octanol–water partition coefficient (Wildman–Crippen LogP) is 6.24. The van der Waals surface area contributed by atoms with Gasteiger partial charge in [-0.15, -0.1) is 0 Å². The van der Waals surface area contributed by atoms with Crippen molar-refractivity contribution in [2.24, 2.45) is 0 Å². The molecule has 0 saturated carbocycles. The molecule has 204 valence electrons. The second kappa shape index (κ2) is 11.8. The molecule has 1 atom stereocenters. The second-order valence-electron chi connectivity index (χ2n) is 9.58. The molecule has 0 spiro atoms. The molecule has 40 heavy (non-hydrogen) atoms. The zero-order valence-electron chi connectivity index (χ0n) is 22.2. The first kappa shape index (κ1) is 27.1. The average molecular weight is 558 g/mol. The fraction of sp³-hybridized carbons (Fsp3) is 0.194. The molecule has 4 aromatic rings. The molecule has 7 nitrogen and oxygen atoms in total. The maximum absolute atomic E-state index is 13.7. The summed E-state index contributed by atoms with van der Waals surface area (Å²) in [5.41, 5.74) is 4.76. The zero-order chi connectivity index (χ0) is 28.2. The Bertz CT molecular complexity index is 1550. The van der Waals surface area contributed by atoms with Crippen molar-refractivity contribution >= 4 is 35.2 Å². The van der Waals surface area contributed by atoms with E-state index in [2.05, 4.69) is 10.6 Å². The lowest BCUT2D eigenvalue weighted by atomic mass is 9.97. The quantitative estimate of drug-likeness (QED) is 0.294. The number of carbonyl (C=O) groups excluding carboxylic acids is 2. The van der Waals surface area contributed by atoms with Gasteiger partial charge in [0.25, 0.3) is 5.91 Å². The van der Waals surface area contributed by atoms with Gasteiger partial charge in [0.15, 0.2) is 5.69 Å². The van der Waals surface area contributed by atoms with Crippen molar-refractivity contribution in [1.82, 2.24) is 25.3 Å². The van der Waals surface area contributed by atoms with E-state index in [4.69, 9.17) is 16.7 Å². The van der Waals surface area contributed by atoms with Crippen LogP contribution in [0.4, 0.5) is 9.18 Å². The largest absolute Gasteiger partial charge is 0.344 e. The minimum atomic E-state index is -0.348. The SMILES string of the molecule is CCNC(=O)N1C/C(=C\c2ccc(F)cc2)c2c(c(C(=O)N[C@H](C)c3ccccc3)nn2-c2ccc(Cl)cc2)C1. The molecule has 3 aromatic carbocycles. The van der Waals surface area contributed by atoms with Crippen molar-refractivity contribution in [2.45, 2.75) is 26.4 Å². The molecule has 0 fully saturated rings. The molecule has 0 unspecified atom stereocenters. The molecule has 0 saturated heterocycles. The van der Waals surface area contributed by atoms with Gasteiger partial charge in [-0.25, -0.2) is 13.9 Å². The number of hydrogen-bond acceptors (Lipinski definition) is 3. The van der Waals surface area contributed by atoms with E-state index in [9.17, 15) is 14.0 Å². The lowest BCUT2D eigenvalue weighted by Crippen LogP contribution is -2.42. The number of carbonyl (C=O) groups is 2. The number of fused-ring (bicyclic) bond motifs is 1. The number of nitrogens with one attached hydrogen (secondary N) is 2. The van der Waals surface area contributed by atoms with E-state index in [0.29, 0.717) is 28.5 Å². The Morgan fingerprint density at radius 2 is 1.73 bits per heavy atom. The molecular formula is C31H29ClFN5O2. The number of rotatable bonds is 6. The molecule has 2 N–H and O–H groups in total. The van der Waals surface area contributed by atoms with Gasteiger partial charge in [0.1, 0.15) is 5.82 Å². The van der Waals surface area contributed by atoms with Crippen molar-refractivity contribution in [3.63, 3.8) is 0 Å². The average Bonchev–Trinajstić information content (AvgIpc) is 3.35. The van der Waals surface area contributed by atoms with Gasteiger partial charge in [-0.2, -0.15) is 5.10 Å². The van der Waals surface area contributed by atoms with Gasteiger partial charge in [0.05, 0.1) is 24.0 Å². The Balaban J connectivity index is 1.65. The van der Waals surface area contributed by atoms with Crippen LogP contribution in [0.25, 0.3) is 17.3 Å². The van der Waals surface area contributed by atoms with Crippen LogP contribution in [0.5, 0.6) is 0 Å². The van der Waals surface area contributed by atoms with E-state index in [1.54, 1.807) is 33.8 Å². The number of urea groups is 1. The van der Waals surface area contributed by atoms with Gasteiger partial charge in [-0.3, -0.25) is 4.79 Å². The van der Waals surface area contributed by atoms with Crippen LogP contribution in [-0.2, 0) is 6.54 Å². The summed E-state index contributed by atoms with van der Waals surface area (Å²) in [6.07, 6.45) is 1.89. The Labute approximate surface area is 237 Å². The van der Waals surface area contributed by atoms with E-state index in [1.165, 1.54) is 12.1 Å². The summed E-state index contributed by atoms with van der Waals surface area (Å²) in [4.78, 5) is 28.4. The van der Waals surface area contributed by atoms with Crippen LogP contribution in [-0.4, -0.2) is 39.7 Å². The highest BCUT2D eigenvalue weighted by molar-refractivity contribution is 6.30. The summed E-state index contributed by atoms with van der Waals surface area (Å²) in [6.45, 7) is 4.70. The standard InChI is InChI=1S/C31H29ClFN5O2/c1-3-34-31(40)37-18-23(17-21-9-13-25(33)14-10-21)29-27(19-37)28(36-38(29)26-15-11-24(32)12-16-26)30(39)35-20(2)22-7-5-4-6-8-22/h4-17,20H,3,18-19H2,1-2H3,(H,34,40)(H,35,39)/b23-17+/t20-/m1/s1. The minimum Gasteiger partial charge on any atom is -0.344 e. The van der Waals surface area contributed by atoms with Gasteiger partial charge in [-0.1, -0.05) is 54.1 Å². The fourth-order valence-electron chi connectivity index (χ4n) is 4.78. The van der Waals surface area contributed by atoms with Gasteiger partial charge >= 0.3 is 6.03 Å². The number of halogens is 2. The summed E-state index contributed by atoms with van der Waals surface area (Å²) < 4.78 is 15.4. The number of hydrogen-bond donors (Lipinski definition) is 2. The van der Waals surface area contributed by atoms with Crippen LogP contribution in [0, 0.1) is 5.82 Å². The smallest absolute Gasteiger partial charge is 0.317 e. The van der Waals surface area contributed by atoms with Gasteiger partial charge in [0.2, 0.25) is 0 Å². The highest BCUT2D eigenvalue weighted by Crippen LogP contribution is 2.34. The van der Waals surface area contributed by atoms with Crippen molar-refractivity contribution in [3.8, 4) is 5.69 Å². The van der Waals surface area contributed by atoms with E-state index in [1.807, 2.05) is 62.4 Å². The number of amides is 3. The number of nitrogens with zero attached hydrogens (tertiary/aromatic N) is 3. The molecule has 1 aliphatic rings. The summed E-state index contributed by atoms with van der Waals surface area (Å²) in [7, 11) is 0. The molecule has 2 heterocycles. The molecule has 9 heteroatoms. The predicted molar refractivity (Wildman–Crippen MR) is 155 cm³/mol. The lowest BCUT2D eigenvalue weighted by Gasteiger charge is -2.30. The summed E-state index contributed by atoms with van der Waals surface area (Å²) in [5, 5.41) is 11.3. The van der Waals surface area contributed by atoms with Crippen molar-refractivity contribution in [1.29, 1.82) is 0 Å². The molecule has 0 aliphatic carbocycles. The van der Waals surface area contributed by atoms with E-state index >= 15 is 0 Å². The van der Waals surface area contributed by atoms with E-state index < -0.39 is 0 Å². The fourth-order valence-corrected chi connectivity index (χ4v) is 4.91. The van der Waals surface area contributed by atoms with Crippen LogP contribution in [0.15, 0.2) is 78.9 Å². The molecule has 0 radical (unpaired) electrons. The maximum atomic E-state index is 13.7. The van der Waals surface area contributed by atoms with E-state index in [0.717, 1.165) is 16.7 Å². The number of aromatic nitrogens is 2. The summed E-state index contributed by atoms with van der Waals surface area (Å²) >= 11 is 6.16. The highest BCUT2D eigenvalue weighted by atomic mass is 35.5. The summed E-state index contributed by atoms with van der Waals surface area (Å²) in [5.74, 6) is -0.688. The Kier molecular flexibility index (Phi) is 7.98. The van der Waals surface area contributed by atoms with Gasteiger partial charge in [-0.05, 0) is 73.0 Å². The Morgan fingerprint density at radius 3 is 2.40 bits per heavy atom. The highest BCUT2D eigenvalue weighted by Gasteiger charge is 2.33. The van der Waals surface area contributed by atoms with Crippen molar-refractivity contribution < 1.29 is 14.0 Å². The third-order valence-corrected chi connectivity index (χ3v) is 7.01. The molecule has 0 bridgehead atoms. The third kappa shape index (κ3) is 5.77. The van der Waals surface area contributed by atoms with Crippen LogP contribution < -0.4 is 10.6 Å². The lowest BCUT2D eigenvalue weighted by molar-refractivity contribution is 0.0932. The molecule has 5 rings (SSSR count). The first-order chi connectivity index (χ1) is 19.3. The molecular weight excluding hydrogens is 529 g/mol. The minimum absolute atomic E-state index is 0.192.